The molecule has 1 saturated carbocycles. The van der Waals surface area contributed by atoms with E-state index in [0.717, 1.165) is 62.8 Å². The summed E-state index contributed by atoms with van der Waals surface area (Å²) in [6.07, 6.45) is 10.9. The summed E-state index contributed by atoms with van der Waals surface area (Å²) in [6.45, 7) is 0.717. The molecule has 0 saturated heterocycles. The molecule has 0 atom stereocenters. The third-order valence-electron chi connectivity index (χ3n) is 6.26. The molecule has 0 radical (unpaired) electrons. The maximum absolute atomic E-state index is 13.2. The van der Waals surface area contributed by atoms with Crippen LogP contribution < -0.4 is 10.1 Å². The molecule has 5 heteroatoms. The van der Waals surface area contributed by atoms with Crippen LogP contribution in [-0.2, 0) is 29.5 Å². The molecule has 4 rings (SSSR count). The van der Waals surface area contributed by atoms with Gasteiger partial charge in [0.2, 0.25) is 5.91 Å². The van der Waals surface area contributed by atoms with Crippen LogP contribution in [0.15, 0.2) is 24.3 Å². The largest absolute Gasteiger partial charge is 0.497 e. The number of fused-ring (bicyclic) bond motifs is 1. The van der Waals surface area contributed by atoms with Crippen molar-refractivity contribution >= 4 is 17.2 Å². The number of rotatable bonds is 7. The van der Waals surface area contributed by atoms with Crippen molar-refractivity contribution in [3.8, 4) is 5.75 Å². The Bertz CT molecular complexity index is 800. The molecule has 4 nitrogen and oxygen atoms in total. The van der Waals surface area contributed by atoms with Gasteiger partial charge in [-0.1, -0.05) is 25.0 Å². The standard InChI is InChI=1S/C23H30N2O2S/c1-27-18-9-6-8-17(16-18)23(13-4-5-14-23)22(26)24-15-7-12-21-25-19-10-2-3-11-20(19)28-21/h6,8-9,16H,2-5,7,10-15H2,1H3,(H,24,26). The summed E-state index contributed by atoms with van der Waals surface area (Å²) in [5, 5.41) is 4.47. The Morgan fingerprint density at radius 1 is 1.21 bits per heavy atom. The summed E-state index contributed by atoms with van der Waals surface area (Å²) >= 11 is 1.88. The fraction of sp³-hybridized carbons (Fsp3) is 0.565. The second-order valence-corrected chi connectivity index (χ2v) is 9.23. The Hall–Kier alpha value is -1.88. The summed E-state index contributed by atoms with van der Waals surface area (Å²) in [4.78, 5) is 19.5. The van der Waals surface area contributed by atoms with Gasteiger partial charge in [-0.05, 0) is 62.6 Å². The SMILES string of the molecule is COc1cccc(C2(C(=O)NCCCc3nc4c(s3)CCCC4)CCCC2)c1. The zero-order chi connectivity index (χ0) is 19.4. The van der Waals surface area contributed by atoms with E-state index in [9.17, 15) is 4.79 Å². The third-order valence-corrected chi connectivity index (χ3v) is 7.47. The first-order valence-electron chi connectivity index (χ1n) is 10.6. The lowest BCUT2D eigenvalue weighted by atomic mass is 9.78. The molecule has 0 aliphatic heterocycles. The van der Waals surface area contributed by atoms with E-state index < -0.39 is 5.41 Å². The smallest absolute Gasteiger partial charge is 0.230 e. The number of thiazole rings is 1. The number of benzene rings is 1. The molecule has 1 aromatic heterocycles. The van der Waals surface area contributed by atoms with Gasteiger partial charge in [-0.3, -0.25) is 4.79 Å². The number of ether oxygens (including phenoxy) is 1. The summed E-state index contributed by atoms with van der Waals surface area (Å²) in [5.41, 5.74) is 2.03. The van der Waals surface area contributed by atoms with Crippen molar-refractivity contribution in [1.29, 1.82) is 0 Å². The van der Waals surface area contributed by atoms with Gasteiger partial charge in [-0.25, -0.2) is 4.98 Å². The molecule has 1 heterocycles. The van der Waals surface area contributed by atoms with Crippen molar-refractivity contribution < 1.29 is 9.53 Å². The highest BCUT2D eigenvalue weighted by Gasteiger charge is 2.42. The third kappa shape index (κ3) is 3.95. The van der Waals surface area contributed by atoms with Gasteiger partial charge in [-0.15, -0.1) is 11.3 Å². The quantitative estimate of drug-likeness (QED) is 0.694. The number of nitrogens with zero attached hydrogens (tertiary/aromatic N) is 1. The van der Waals surface area contributed by atoms with Crippen molar-refractivity contribution in [1.82, 2.24) is 10.3 Å². The highest BCUT2D eigenvalue weighted by atomic mass is 32.1. The Labute approximate surface area is 171 Å². The lowest BCUT2D eigenvalue weighted by Gasteiger charge is -2.28. The number of aromatic nitrogens is 1. The second kappa shape index (κ2) is 8.64. The molecular formula is C23H30N2O2S. The van der Waals surface area contributed by atoms with E-state index in [1.54, 1.807) is 7.11 Å². The van der Waals surface area contributed by atoms with Crippen molar-refractivity contribution in [3.63, 3.8) is 0 Å². The van der Waals surface area contributed by atoms with Crippen molar-refractivity contribution in [2.75, 3.05) is 13.7 Å². The van der Waals surface area contributed by atoms with Gasteiger partial charge in [0.15, 0.2) is 0 Å². The predicted octanol–water partition coefficient (Wildman–Crippen LogP) is 4.59. The summed E-state index contributed by atoms with van der Waals surface area (Å²) in [7, 11) is 1.68. The molecule has 2 aliphatic rings. The molecule has 0 bridgehead atoms. The van der Waals surface area contributed by atoms with Gasteiger partial charge < -0.3 is 10.1 Å². The van der Waals surface area contributed by atoms with Crippen LogP contribution in [0.25, 0.3) is 0 Å². The van der Waals surface area contributed by atoms with Crippen LogP contribution in [0.2, 0.25) is 0 Å². The Morgan fingerprint density at radius 2 is 2.04 bits per heavy atom. The van der Waals surface area contributed by atoms with Crippen LogP contribution in [0.1, 0.15) is 66.1 Å². The highest BCUT2D eigenvalue weighted by molar-refractivity contribution is 7.11. The topological polar surface area (TPSA) is 51.2 Å². The molecule has 0 unspecified atom stereocenters. The number of amides is 1. The fourth-order valence-electron chi connectivity index (χ4n) is 4.67. The Kier molecular flexibility index (Phi) is 6.00. The average Bonchev–Trinajstić information content (AvgIpc) is 3.38. The number of hydrogen-bond acceptors (Lipinski definition) is 4. The van der Waals surface area contributed by atoms with E-state index in [2.05, 4.69) is 11.4 Å². The van der Waals surface area contributed by atoms with Gasteiger partial charge in [-0.2, -0.15) is 0 Å². The first-order chi connectivity index (χ1) is 13.7. The molecule has 1 amide bonds. The minimum Gasteiger partial charge on any atom is -0.497 e. The number of methoxy groups -OCH3 is 1. The minimum atomic E-state index is -0.394. The van der Waals surface area contributed by atoms with Gasteiger partial charge in [0, 0.05) is 17.8 Å². The second-order valence-electron chi connectivity index (χ2n) is 8.07. The zero-order valence-electron chi connectivity index (χ0n) is 16.8. The van der Waals surface area contributed by atoms with E-state index >= 15 is 0 Å². The monoisotopic (exact) mass is 398 g/mol. The first-order valence-corrected chi connectivity index (χ1v) is 11.4. The summed E-state index contributed by atoms with van der Waals surface area (Å²) in [6, 6.07) is 8.04. The number of hydrogen-bond donors (Lipinski definition) is 1. The Morgan fingerprint density at radius 3 is 2.82 bits per heavy atom. The lowest BCUT2D eigenvalue weighted by molar-refractivity contribution is -0.126. The van der Waals surface area contributed by atoms with Crippen molar-refractivity contribution in [2.24, 2.45) is 0 Å². The van der Waals surface area contributed by atoms with Gasteiger partial charge in [0.05, 0.1) is 23.2 Å². The van der Waals surface area contributed by atoms with Crippen LogP contribution in [0, 0.1) is 0 Å². The molecule has 28 heavy (non-hydrogen) atoms. The van der Waals surface area contributed by atoms with Crippen LogP contribution in [0.3, 0.4) is 0 Å². The van der Waals surface area contributed by atoms with Gasteiger partial charge in [0.25, 0.3) is 0 Å². The van der Waals surface area contributed by atoms with Crippen molar-refractivity contribution in [2.45, 2.75) is 69.6 Å². The number of carbonyl (C=O) groups is 1. The molecule has 150 valence electrons. The minimum absolute atomic E-state index is 0.177. The van der Waals surface area contributed by atoms with Gasteiger partial charge >= 0.3 is 0 Å². The van der Waals surface area contributed by atoms with E-state index in [4.69, 9.17) is 9.72 Å². The molecule has 0 spiro atoms. The maximum atomic E-state index is 13.2. The molecule has 2 aliphatic carbocycles. The van der Waals surface area contributed by atoms with Crippen molar-refractivity contribution in [3.05, 3.63) is 45.4 Å². The fourth-order valence-corrected chi connectivity index (χ4v) is 5.87. The highest BCUT2D eigenvalue weighted by Crippen LogP contribution is 2.42. The van der Waals surface area contributed by atoms with E-state index in [0.29, 0.717) is 0 Å². The molecular weight excluding hydrogens is 368 g/mol. The molecule has 2 aromatic rings. The lowest BCUT2D eigenvalue weighted by Crippen LogP contribution is -2.43. The Balaban J connectivity index is 1.35. The van der Waals surface area contributed by atoms with Crippen LogP contribution in [0.5, 0.6) is 5.75 Å². The molecule has 1 fully saturated rings. The average molecular weight is 399 g/mol. The zero-order valence-corrected chi connectivity index (χ0v) is 17.6. The normalized spacial score (nSPS) is 17.9. The first kappa shape index (κ1) is 19.4. The van der Waals surface area contributed by atoms with Crippen LogP contribution in [-0.4, -0.2) is 24.5 Å². The molecule has 1 aromatic carbocycles. The number of nitrogens with one attached hydrogen (secondary N) is 1. The number of aryl methyl sites for hydroxylation is 3. The van der Waals surface area contributed by atoms with Crippen LogP contribution in [0.4, 0.5) is 0 Å². The molecule has 1 N–H and O–H groups in total. The summed E-state index contributed by atoms with van der Waals surface area (Å²) < 4.78 is 5.38. The number of carbonyl (C=O) groups excluding carboxylic acids is 1. The predicted molar refractivity (Wildman–Crippen MR) is 113 cm³/mol. The summed E-state index contributed by atoms with van der Waals surface area (Å²) in [5.74, 6) is 1.00. The van der Waals surface area contributed by atoms with Crippen LogP contribution >= 0.6 is 11.3 Å². The van der Waals surface area contributed by atoms with E-state index in [-0.39, 0.29) is 5.91 Å². The van der Waals surface area contributed by atoms with E-state index in [1.165, 1.54) is 34.8 Å². The maximum Gasteiger partial charge on any atom is 0.230 e. The van der Waals surface area contributed by atoms with Gasteiger partial charge in [0.1, 0.15) is 5.75 Å². The van der Waals surface area contributed by atoms with E-state index in [1.807, 2.05) is 29.5 Å².